The highest BCUT2D eigenvalue weighted by Crippen LogP contribution is 2.33. The van der Waals surface area contributed by atoms with Crippen molar-refractivity contribution < 1.29 is 14.6 Å². The van der Waals surface area contributed by atoms with Crippen LogP contribution in [0.15, 0.2) is 36.0 Å². The van der Waals surface area contributed by atoms with Crippen molar-refractivity contribution in [3.05, 3.63) is 47.2 Å². The van der Waals surface area contributed by atoms with E-state index in [0.717, 1.165) is 25.0 Å². The second-order valence-corrected chi connectivity index (χ2v) is 6.10. The summed E-state index contributed by atoms with van der Waals surface area (Å²) in [6, 6.07) is 7.52. The van der Waals surface area contributed by atoms with Gasteiger partial charge in [-0.15, -0.1) is 0 Å². The standard InChI is InChI=1S/C19H27NO3/c1-14-9-7-8-12-17(14)15(2)20(16-10-5-4-6-11-16)18(13-21)19(22)23-3/h7-10,12,15,18,21H,4-6,11,13H2,1-3H3/t15-,18+/m1/s1. The minimum Gasteiger partial charge on any atom is -0.467 e. The number of methoxy groups -OCH3 is 1. The van der Waals surface area contributed by atoms with E-state index in [0.29, 0.717) is 0 Å². The Balaban J connectivity index is 2.41. The SMILES string of the molecule is COC(=O)[C@H](CO)N(C1=CCCCC1)[C@H](C)c1ccccc1C. The number of esters is 1. The van der Waals surface area contributed by atoms with E-state index in [1.54, 1.807) is 0 Å². The molecule has 126 valence electrons. The van der Waals surface area contributed by atoms with Gasteiger partial charge in [0.25, 0.3) is 0 Å². The van der Waals surface area contributed by atoms with Crippen molar-refractivity contribution in [3.8, 4) is 0 Å². The molecule has 4 nitrogen and oxygen atoms in total. The number of carbonyl (C=O) groups excluding carboxylic acids is 1. The van der Waals surface area contributed by atoms with Gasteiger partial charge in [-0.25, -0.2) is 4.79 Å². The summed E-state index contributed by atoms with van der Waals surface area (Å²) in [6.45, 7) is 3.91. The smallest absolute Gasteiger partial charge is 0.330 e. The Labute approximate surface area is 138 Å². The van der Waals surface area contributed by atoms with Crippen LogP contribution in [0.25, 0.3) is 0 Å². The average Bonchev–Trinajstić information content (AvgIpc) is 2.59. The number of carbonyl (C=O) groups is 1. The third-order valence-electron chi connectivity index (χ3n) is 4.64. The van der Waals surface area contributed by atoms with Crippen LogP contribution in [0.4, 0.5) is 0 Å². The topological polar surface area (TPSA) is 49.8 Å². The van der Waals surface area contributed by atoms with Crippen molar-refractivity contribution in [1.82, 2.24) is 4.90 Å². The first-order chi connectivity index (χ1) is 11.1. The first-order valence-corrected chi connectivity index (χ1v) is 8.31. The first-order valence-electron chi connectivity index (χ1n) is 8.31. The van der Waals surface area contributed by atoms with Gasteiger partial charge in [0.05, 0.1) is 19.8 Å². The third kappa shape index (κ3) is 3.94. The molecule has 0 amide bonds. The number of hydrogen-bond donors (Lipinski definition) is 1. The van der Waals surface area contributed by atoms with Crippen molar-refractivity contribution in [1.29, 1.82) is 0 Å². The van der Waals surface area contributed by atoms with E-state index in [1.807, 2.05) is 17.0 Å². The monoisotopic (exact) mass is 317 g/mol. The van der Waals surface area contributed by atoms with Gasteiger partial charge in [0.15, 0.2) is 6.04 Å². The van der Waals surface area contributed by atoms with Crippen LogP contribution in [0.3, 0.4) is 0 Å². The lowest BCUT2D eigenvalue weighted by Crippen LogP contribution is -2.45. The molecule has 0 aliphatic heterocycles. The Kier molecular flexibility index (Phi) is 6.22. The molecule has 0 radical (unpaired) electrons. The molecule has 4 heteroatoms. The van der Waals surface area contributed by atoms with E-state index < -0.39 is 6.04 Å². The zero-order valence-corrected chi connectivity index (χ0v) is 14.3. The Bertz CT molecular complexity index is 567. The van der Waals surface area contributed by atoms with Crippen LogP contribution in [0.2, 0.25) is 0 Å². The Morgan fingerprint density at radius 1 is 1.35 bits per heavy atom. The van der Waals surface area contributed by atoms with Gasteiger partial charge in [-0.05, 0) is 50.7 Å². The number of hydrogen-bond acceptors (Lipinski definition) is 4. The van der Waals surface area contributed by atoms with E-state index in [9.17, 15) is 9.90 Å². The van der Waals surface area contributed by atoms with Crippen LogP contribution >= 0.6 is 0 Å². The molecule has 0 bridgehead atoms. The number of aliphatic hydroxyl groups excluding tert-OH is 1. The molecule has 1 aliphatic carbocycles. The van der Waals surface area contributed by atoms with Crippen LogP contribution in [0, 0.1) is 6.92 Å². The number of nitrogens with zero attached hydrogens (tertiary/aromatic N) is 1. The highest BCUT2D eigenvalue weighted by Gasteiger charge is 2.32. The number of allylic oxidation sites excluding steroid dienone is 2. The van der Waals surface area contributed by atoms with Crippen molar-refractivity contribution in [2.24, 2.45) is 0 Å². The van der Waals surface area contributed by atoms with Crippen molar-refractivity contribution in [3.63, 3.8) is 0 Å². The molecule has 0 spiro atoms. The molecular weight excluding hydrogens is 290 g/mol. The number of ether oxygens (including phenoxy) is 1. The zero-order valence-electron chi connectivity index (χ0n) is 14.3. The maximum Gasteiger partial charge on any atom is 0.330 e. The number of rotatable bonds is 6. The van der Waals surface area contributed by atoms with Gasteiger partial charge < -0.3 is 14.7 Å². The van der Waals surface area contributed by atoms with Gasteiger partial charge >= 0.3 is 5.97 Å². The predicted octanol–water partition coefficient (Wildman–Crippen LogP) is 3.35. The summed E-state index contributed by atoms with van der Waals surface area (Å²) < 4.78 is 4.92. The van der Waals surface area contributed by atoms with Gasteiger partial charge in [-0.1, -0.05) is 30.3 Å². The van der Waals surface area contributed by atoms with E-state index in [2.05, 4.69) is 32.1 Å². The molecule has 2 atom stereocenters. The second-order valence-electron chi connectivity index (χ2n) is 6.10. The number of aliphatic hydroxyl groups is 1. The second kappa shape index (κ2) is 8.16. The molecular formula is C19H27NO3. The summed E-state index contributed by atoms with van der Waals surface area (Å²) in [6.07, 6.45) is 6.44. The molecule has 23 heavy (non-hydrogen) atoms. The molecule has 0 saturated heterocycles. The van der Waals surface area contributed by atoms with E-state index in [4.69, 9.17) is 4.74 Å². The van der Waals surface area contributed by atoms with E-state index >= 15 is 0 Å². The van der Waals surface area contributed by atoms with Crippen molar-refractivity contribution in [2.45, 2.75) is 51.6 Å². The van der Waals surface area contributed by atoms with Crippen LogP contribution in [0.1, 0.15) is 49.8 Å². The molecule has 1 N–H and O–H groups in total. The fraction of sp³-hybridized carbons (Fsp3) is 0.526. The summed E-state index contributed by atoms with van der Waals surface area (Å²) in [5.41, 5.74) is 3.49. The number of benzene rings is 1. The van der Waals surface area contributed by atoms with Crippen molar-refractivity contribution >= 4 is 5.97 Å². The highest BCUT2D eigenvalue weighted by atomic mass is 16.5. The summed E-state index contributed by atoms with van der Waals surface area (Å²) in [4.78, 5) is 14.2. The lowest BCUT2D eigenvalue weighted by Gasteiger charge is -2.39. The lowest BCUT2D eigenvalue weighted by molar-refractivity contribution is -0.148. The molecule has 1 aromatic carbocycles. The molecule has 0 aromatic heterocycles. The Morgan fingerprint density at radius 2 is 2.09 bits per heavy atom. The van der Waals surface area contributed by atoms with Gasteiger partial charge in [-0.3, -0.25) is 0 Å². The number of aryl methyl sites for hydroxylation is 1. The molecule has 0 unspecified atom stereocenters. The van der Waals surface area contributed by atoms with E-state index in [-0.39, 0.29) is 18.6 Å². The van der Waals surface area contributed by atoms with Crippen LogP contribution < -0.4 is 0 Å². The fourth-order valence-corrected chi connectivity index (χ4v) is 3.39. The van der Waals surface area contributed by atoms with E-state index in [1.165, 1.54) is 24.7 Å². The van der Waals surface area contributed by atoms with Gasteiger partial charge in [-0.2, -0.15) is 0 Å². The highest BCUT2D eigenvalue weighted by molar-refractivity contribution is 5.76. The summed E-state index contributed by atoms with van der Waals surface area (Å²) in [5.74, 6) is -0.389. The normalized spacial score (nSPS) is 17.1. The molecule has 0 fully saturated rings. The molecule has 1 aromatic rings. The zero-order chi connectivity index (χ0) is 16.8. The summed E-state index contributed by atoms with van der Waals surface area (Å²) >= 11 is 0. The third-order valence-corrected chi connectivity index (χ3v) is 4.64. The first kappa shape index (κ1) is 17.5. The minimum absolute atomic E-state index is 0.00296. The Hall–Kier alpha value is -1.81. The van der Waals surface area contributed by atoms with Crippen LogP contribution in [0.5, 0.6) is 0 Å². The lowest BCUT2D eigenvalue weighted by atomic mass is 9.96. The maximum atomic E-state index is 12.2. The molecule has 0 heterocycles. The predicted molar refractivity (Wildman–Crippen MR) is 90.9 cm³/mol. The molecule has 0 saturated carbocycles. The van der Waals surface area contributed by atoms with Crippen molar-refractivity contribution in [2.75, 3.05) is 13.7 Å². The fourth-order valence-electron chi connectivity index (χ4n) is 3.39. The van der Waals surface area contributed by atoms with Gasteiger partial charge in [0.2, 0.25) is 0 Å². The van der Waals surface area contributed by atoms with Gasteiger partial charge in [0, 0.05) is 5.70 Å². The van der Waals surface area contributed by atoms with Crippen LogP contribution in [-0.4, -0.2) is 35.7 Å². The van der Waals surface area contributed by atoms with Crippen LogP contribution in [-0.2, 0) is 9.53 Å². The minimum atomic E-state index is -0.668. The maximum absolute atomic E-state index is 12.2. The average molecular weight is 317 g/mol. The molecule has 1 aliphatic rings. The van der Waals surface area contributed by atoms with Gasteiger partial charge in [0.1, 0.15) is 0 Å². The summed E-state index contributed by atoms with van der Waals surface area (Å²) in [5, 5.41) is 9.82. The summed E-state index contributed by atoms with van der Waals surface area (Å²) in [7, 11) is 1.37. The quantitative estimate of drug-likeness (QED) is 0.818. The molecule has 2 rings (SSSR count). The Morgan fingerprint density at radius 3 is 2.65 bits per heavy atom. The largest absolute Gasteiger partial charge is 0.467 e.